The van der Waals surface area contributed by atoms with Crippen LogP contribution in [0.2, 0.25) is 0 Å². The fourth-order valence-corrected chi connectivity index (χ4v) is 1.95. The third-order valence-electron chi connectivity index (χ3n) is 3.18. The highest BCUT2D eigenvalue weighted by Crippen LogP contribution is 2.14. The third kappa shape index (κ3) is 3.42. The molecule has 2 heterocycles. The Labute approximate surface area is 132 Å². The van der Waals surface area contributed by atoms with Crippen LogP contribution >= 0.6 is 0 Å². The first kappa shape index (κ1) is 14.9. The van der Waals surface area contributed by atoms with Gasteiger partial charge >= 0.3 is 11.8 Å². The van der Waals surface area contributed by atoms with E-state index in [1.54, 1.807) is 10.9 Å². The minimum atomic E-state index is -0.382. The molecule has 0 radical (unpaired) electrons. The standard InChI is InChI=1S/C15H16N6O2/c1-2-3-9-16-14(22)15-17-13(19-23-15)12-10-21(20-18-12)11-7-5-4-6-8-11/h4-8,10H,2-3,9H2,1H3,(H,16,22). The lowest BCUT2D eigenvalue weighted by Gasteiger charge is -1.98. The smallest absolute Gasteiger partial charge is 0.316 e. The van der Waals surface area contributed by atoms with Crippen LogP contribution < -0.4 is 5.32 Å². The van der Waals surface area contributed by atoms with Gasteiger partial charge in [-0.3, -0.25) is 4.79 Å². The van der Waals surface area contributed by atoms with Crippen LogP contribution in [-0.4, -0.2) is 37.6 Å². The summed E-state index contributed by atoms with van der Waals surface area (Å²) in [7, 11) is 0. The summed E-state index contributed by atoms with van der Waals surface area (Å²) in [6, 6.07) is 9.54. The maximum atomic E-state index is 11.8. The van der Waals surface area contributed by atoms with E-state index in [0.717, 1.165) is 18.5 Å². The SMILES string of the molecule is CCCCNC(=O)c1nc(-c2cn(-c3ccccc3)nn2)no1. The van der Waals surface area contributed by atoms with Crippen molar-refractivity contribution in [3.8, 4) is 17.2 Å². The van der Waals surface area contributed by atoms with Crippen LogP contribution in [0.3, 0.4) is 0 Å². The molecule has 0 aliphatic rings. The molecule has 0 saturated heterocycles. The topological polar surface area (TPSA) is 98.7 Å². The molecule has 0 spiro atoms. The van der Waals surface area contributed by atoms with Crippen LogP contribution in [0.5, 0.6) is 0 Å². The zero-order chi connectivity index (χ0) is 16.1. The minimum absolute atomic E-state index is 0.0784. The average Bonchev–Trinajstić information content (AvgIpc) is 3.25. The number of nitrogens with zero attached hydrogens (tertiary/aromatic N) is 5. The van der Waals surface area contributed by atoms with Gasteiger partial charge in [-0.2, -0.15) is 4.98 Å². The molecule has 0 bridgehead atoms. The fraction of sp³-hybridized carbons (Fsp3) is 0.267. The predicted octanol–water partition coefficient (Wildman–Crippen LogP) is 1.85. The van der Waals surface area contributed by atoms with Crippen LogP contribution in [0, 0.1) is 0 Å². The summed E-state index contributed by atoms with van der Waals surface area (Å²) in [4.78, 5) is 15.9. The highest BCUT2D eigenvalue weighted by atomic mass is 16.5. The van der Waals surface area contributed by atoms with Crippen molar-refractivity contribution in [2.75, 3.05) is 6.54 Å². The van der Waals surface area contributed by atoms with E-state index in [2.05, 4.69) is 25.8 Å². The summed E-state index contributed by atoms with van der Waals surface area (Å²) in [6.07, 6.45) is 3.58. The zero-order valence-electron chi connectivity index (χ0n) is 12.6. The molecule has 3 aromatic rings. The van der Waals surface area contributed by atoms with Gasteiger partial charge in [-0.15, -0.1) is 5.10 Å². The quantitative estimate of drug-likeness (QED) is 0.697. The van der Waals surface area contributed by atoms with Crippen LogP contribution in [0.25, 0.3) is 17.2 Å². The van der Waals surface area contributed by atoms with Crippen LogP contribution in [0.4, 0.5) is 0 Å². The maximum absolute atomic E-state index is 11.8. The van der Waals surface area contributed by atoms with Crippen molar-refractivity contribution in [3.63, 3.8) is 0 Å². The molecule has 3 rings (SSSR count). The van der Waals surface area contributed by atoms with E-state index < -0.39 is 0 Å². The summed E-state index contributed by atoms with van der Waals surface area (Å²) in [5.74, 6) is -0.231. The number of hydrogen-bond acceptors (Lipinski definition) is 6. The van der Waals surface area contributed by atoms with Crippen molar-refractivity contribution in [2.45, 2.75) is 19.8 Å². The van der Waals surface area contributed by atoms with Gasteiger partial charge in [-0.05, 0) is 18.6 Å². The summed E-state index contributed by atoms with van der Waals surface area (Å²) in [6.45, 7) is 2.63. The van der Waals surface area contributed by atoms with E-state index in [1.165, 1.54) is 0 Å². The van der Waals surface area contributed by atoms with Gasteiger partial charge in [0.2, 0.25) is 5.82 Å². The lowest BCUT2D eigenvalue weighted by atomic mass is 10.3. The number of rotatable bonds is 6. The molecule has 8 heteroatoms. The first-order valence-corrected chi connectivity index (χ1v) is 7.38. The number of para-hydroxylation sites is 1. The second-order valence-electron chi connectivity index (χ2n) is 4.92. The van der Waals surface area contributed by atoms with E-state index >= 15 is 0 Å². The van der Waals surface area contributed by atoms with Crippen molar-refractivity contribution in [1.82, 2.24) is 30.5 Å². The largest absolute Gasteiger partial charge is 0.348 e. The molecule has 1 aromatic carbocycles. The maximum Gasteiger partial charge on any atom is 0.316 e. The van der Waals surface area contributed by atoms with Crippen molar-refractivity contribution >= 4 is 5.91 Å². The molecule has 0 aliphatic carbocycles. The van der Waals surface area contributed by atoms with E-state index in [4.69, 9.17) is 4.52 Å². The summed E-state index contributed by atoms with van der Waals surface area (Å²) in [5, 5.41) is 14.5. The third-order valence-corrected chi connectivity index (χ3v) is 3.18. The molecule has 1 N–H and O–H groups in total. The lowest BCUT2D eigenvalue weighted by Crippen LogP contribution is -2.24. The molecule has 0 aliphatic heterocycles. The molecule has 0 unspecified atom stereocenters. The molecule has 0 atom stereocenters. The number of amides is 1. The number of nitrogens with one attached hydrogen (secondary N) is 1. The number of carbonyl (C=O) groups is 1. The first-order chi connectivity index (χ1) is 11.3. The lowest BCUT2D eigenvalue weighted by molar-refractivity contribution is 0.0909. The molecular weight excluding hydrogens is 296 g/mol. The van der Waals surface area contributed by atoms with Gasteiger partial charge in [0.1, 0.15) is 0 Å². The Morgan fingerprint density at radius 2 is 2.13 bits per heavy atom. The van der Waals surface area contributed by atoms with Crippen molar-refractivity contribution < 1.29 is 9.32 Å². The van der Waals surface area contributed by atoms with Gasteiger partial charge in [0.25, 0.3) is 0 Å². The van der Waals surface area contributed by atoms with E-state index in [1.807, 2.05) is 37.3 Å². The predicted molar refractivity (Wildman–Crippen MR) is 81.9 cm³/mol. The highest BCUT2D eigenvalue weighted by molar-refractivity contribution is 5.89. The Balaban J connectivity index is 1.73. The highest BCUT2D eigenvalue weighted by Gasteiger charge is 2.17. The second kappa shape index (κ2) is 6.82. The van der Waals surface area contributed by atoms with Gasteiger partial charge < -0.3 is 9.84 Å². The number of benzene rings is 1. The molecule has 23 heavy (non-hydrogen) atoms. The van der Waals surface area contributed by atoms with Gasteiger partial charge in [0, 0.05) is 6.54 Å². The van der Waals surface area contributed by atoms with Crippen molar-refractivity contribution in [1.29, 1.82) is 0 Å². The normalized spacial score (nSPS) is 10.7. The minimum Gasteiger partial charge on any atom is -0.348 e. The molecule has 2 aromatic heterocycles. The van der Waals surface area contributed by atoms with Gasteiger partial charge in [0.15, 0.2) is 5.69 Å². The molecule has 0 fully saturated rings. The zero-order valence-corrected chi connectivity index (χ0v) is 12.6. The number of unbranched alkanes of at least 4 members (excludes halogenated alkanes) is 1. The molecule has 0 saturated carbocycles. The van der Waals surface area contributed by atoms with Crippen molar-refractivity contribution in [3.05, 3.63) is 42.4 Å². The molecule has 8 nitrogen and oxygen atoms in total. The molecule has 118 valence electrons. The van der Waals surface area contributed by atoms with Crippen LogP contribution in [0.15, 0.2) is 41.1 Å². The molecule has 1 amide bonds. The van der Waals surface area contributed by atoms with Gasteiger partial charge in [-0.1, -0.05) is 41.9 Å². The Hall–Kier alpha value is -3.03. The summed E-state index contributed by atoms with van der Waals surface area (Å²) >= 11 is 0. The monoisotopic (exact) mass is 312 g/mol. The number of carbonyl (C=O) groups excluding carboxylic acids is 1. The van der Waals surface area contributed by atoms with E-state index in [-0.39, 0.29) is 17.6 Å². The molecular formula is C15H16N6O2. The van der Waals surface area contributed by atoms with E-state index in [9.17, 15) is 4.79 Å². The summed E-state index contributed by atoms with van der Waals surface area (Å²) < 4.78 is 6.58. The fourth-order valence-electron chi connectivity index (χ4n) is 1.95. The average molecular weight is 312 g/mol. The Kier molecular flexibility index (Phi) is 4.41. The van der Waals surface area contributed by atoms with Gasteiger partial charge in [-0.25, -0.2) is 4.68 Å². The van der Waals surface area contributed by atoms with Crippen LogP contribution in [-0.2, 0) is 0 Å². The van der Waals surface area contributed by atoms with Gasteiger partial charge in [0.05, 0.1) is 11.9 Å². The summed E-state index contributed by atoms with van der Waals surface area (Å²) in [5.41, 5.74) is 1.30. The first-order valence-electron chi connectivity index (χ1n) is 7.38. The number of aromatic nitrogens is 5. The van der Waals surface area contributed by atoms with Crippen molar-refractivity contribution in [2.24, 2.45) is 0 Å². The van der Waals surface area contributed by atoms with E-state index in [0.29, 0.717) is 12.2 Å². The number of hydrogen-bond donors (Lipinski definition) is 1. The van der Waals surface area contributed by atoms with Crippen LogP contribution in [0.1, 0.15) is 30.5 Å². The second-order valence-corrected chi connectivity index (χ2v) is 4.92. The Morgan fingerprint density at radius 3 is 2.91 bits per heavy atom. The Morgan fingerprint density at radius 1 is 1.30 bits per heavy atom. The Bertz CT molecular complexity index is 780.